The molecule has 1 rings (SSSR count). The summed E-state index contributed by atoms with van der Waals surface area (Å²) in [5.41, 5.74) is 0.782. The molecule has 1 nitrogen and oxygen atoms in total. The summed E-state index contributed by atoms with van der Waals surface area (Å²) in [5.74, 6) is 0. The van der Waals surface area contributed by atoms with E-state index >= 15 is 0 Å². The summed E-state index contributed by atoms with van der Waals surface area (Å²) in [6, 6.07) is 0. The van der Waals surface area contributed by atoms with Crippen molar-refractivity contribution < 1.29 is 35.0 Å². The van der Waals surface area contributed by atoms with Gasteiger partial charge in [0.15, 0.2) is 0 Å². The van der Waals surface area contributed by atoms with E-state index < -0.39 is 16.2 Å². The van der Waals surface area contributed by atoms with Gasteiger partial charge in [0.05, 0.1) is 0 Å². The van der Waals surface area contributed by atoms with E-state index in [0.29, 0.717) is 19.1 Å². The minimum Gasteiger partial charge on any atom is 1.00 e. The van der Waals surface area contributed by atoms with E-state index in [0.717, 1.165) is 0 Å². The van der Waals surface area contributed by atoms with Crippen LogP contribution in [0.5, 0.6) is 0 Å². The summed E-state index contributed by atoms with van der Waals surface area (Å²) in [6.45, 7) is 25.0. The van der Waals surface area contributed by atoms with E-state index in [1.807, 2.05) is 0 Å². The summed E-state index contributed by atoms with van der Waals surface area (Å²) in [7, 11) is 0. The first-order valence-corrected chi connectivity index (χ1v) is 12.5. The maximum atomic E-state index is 3.06. The molecule has 0 spiro atoms. The predicted octanol–water partition coefficient (Wildman–Crippen LogP) is 3.00. The average molecular weight is 327 g/mol. The summed E-state index contributed by atoms with van der Waals surface area (Å²) in [4.78, 5) is 0. The Bertz CT molecular complexity index is 293. The van der Waals surface area contributed by atoms with Crippen LogP contribution in [0.25, 0.3) is 0 Å². The van der Waals surface area contributed by atoms with Crippen LogP contribution in [0.4, 0.5) is 0 Å². The van der Waals surface area contributed by atoms with Crippen molar-refractivity contribution in [2.75, 3.05) is 0 Å². The fourth-order valence-corrected chi connectivity index (χ4v) is 20.4. The van der Waals surface area contributed by atoms with Crippen molar-refractivity contribution in [1.82, 2.24) is 3.64 Å². The molecule has 1 aliphatic heterocycles. The Morgan fingerprint density at radius 3 is 1.30 bits per heavy atom. The van der Waals surface area contributed by atoms with Crippen LogP contribution in [-0.4, -0.2) is 14.7 Å². The second-order valence-corrected chi connectivity index (χ2v) is 22.8. The van der Waals surface area contributed by atoms with Gasteiger partial charge in [0.1, 0.15) is 0 Å². The zero-order valence-corrected chi connectivity index (χ0v) is 19.2. The molecule has 0 aromatic rings. The van der Waals surface area contributed by atoms with Crippen LogP contribution in [0, 0.1) is 0 Å². The third-order valence-corrected chi connectivity index (χ3v) is 18.7. The maximum absolute atomic E-state index is 3.06. The molecular weight excluding hydrogens is 291 g/mol. The molecule has 1 fully saturated rings. The summed E-state index contributed by atoms with van der Waals surface area (Å²) >= 11 is -1.96. The van der Waals surface area contributed by atoms with Gasteiger partial charge in [0, 0.05) is 0 Å². The number of hydrogen-bond donors (Lipinski definition) is 0. The molecule has 112 valence electrons. The number of nitrogens with zero attached hydrogens (tertiary/aromatic N) is 1. The van der Waals surface area contributed by atoms with Crippen LogP contribution in [0.3, 0.4) is 0 Å². The van der Waals surface area contributed by atoms with Gasteiger partial charge in [0.25, 0.3) is 0 Å². The molecule has 0 aromatic carbocycles. The van der Waals surface area contributed by atoms with Crippen molar-refractivity contribution in [2.24, 2.45) is 0 Å². The van der Waals surface area contributed by atoms with Crippen LogP contribution in [-0.2, 0) is 16.2 Å². The summed E-state index contributed by atoms with van der Waals surface area (Å²) < 4.78 is 4.07. The summed E-state index contributed by atoms with van der Waals surface area (Å²) in [5, 5.41) is 0. The van der Waals surface area contributed by atoms with E-state index in [-0.39, 0.29) is 18.9 Å². The standard InChI is InChI=1S/C9H18N.2C4H9.Li.Zn/c1-8(2)6-5-7-9(3,4)10-8;2*1-4(2)3;;/h5-7H2,1-4H3;2*1-3H3;;/q-1;;;+1;. The topological polar surface area (TPSA) is 3.24 Å². The molecule has 0 N–H and O–H groups in total. The van der Waals surface area contributed by atoms with E-state index in [9.17, 15) is 0 Å². The zero-order chi connectivity index (χ0) is 15.3. The Morgan fingerprint density at radius 2 is 1.05 bits per heavy atom. The minimum atomic E-state index is -1.96. The number of piperidine rings is 1. The number of rotatable bonds is 1. The Morgan fingerprint density at radius 1 is 0.750 bits per heavy atom. The van der Waals surface area contributed by atoms with Gasteiger partial charge in [-0.3, -0.25) is 0 Å². The molecule has 0 aliphatic carbocycles. The van der Waals surface area contributed by atoms with Crippen molar-refractivity contribution in [3.63, 3.8) is 0 Å². The van der Waals surface area contributed by atoms with Crippen molar-refractivity contribution in [3.05, 3.63) is 0 Å². The van der Waals surface area contributed by atoms with Crippen molar-refractivity contribution >= 4 is 0 Å². The van der Waals surface area contributed by atoms with Gasteiger partial charge >= 0.3 is 146 Å². The molecule has 0 amide bonds. The summed E-state index contributed by atoms with van der Waals surface area (Å²) in [6.07, 6.45) is 4.13. The quantitative estimate of drug-likeness (QED) is 0.670. The molecule has 3 heteroatoms. The second kappa shape index (κ2) is 6.35. The first-order chi connectivity index (χ1) is 8.20. The largest absolute Gasteiger partial charge is 1.00 e. The molecule has 1 saturated heterocycles. The number of hydrogen-bond acceptors (Lipinski definition) is 1. The van der Waals surface area contributed by atoms with Crippen molar-refractivity contribution in [1.29, 1.82) is 0 Å². The normalized spacial score (nSPS) is 23.1. The maximum Gasteiger partial charge on any atom is 1.00 e. The molecule has 0 unspecified atom stereocenters. The molecule has 1 aliphatic rings. The molecule has 20 heavy (non-hydrogen) atoms. The fourth-order valence-electron chi connectivity index (χ4n) is 5.44. The first kappa shape index (κ1) is 21.2. The molecule has 0 radical (unpaired) electrons. The third kappa shape index (κ3) is 4.59. The molecule has 0 atom stereocenters. The van der Waals surface area contributed by atoms with Crippen LogP contribution in [0.1, 0.15) is 88.5 Å². The minimum absolute atomic E-state index is 0. The molecule has 0 saturated carbocycles. The zero-order valence-electron chi connectivity index (χ0n) is 16.3. The molecule has 0 bridgehead atoms. The van der Waals surface area contributed by atoms with Crippen molar-refractivity contribution in [3.8, 4) is 0 Å². The van der Waals surface area contributed by atoms with Gasteiger partial charge in [-0.1, -0.05) is 0 Å². The van der Waals surface area contributed by atoms with Gasteiger partial charge in [-0.05, 0) is 0 Å². The second-order valence-electron chi connectivity index (χ2n) is 10.5. The van der Waals surface area contributed by atoms with Crippen molar-refractivity contribution in [2.45, 2.75) is 108 Å². The van der Waals surface area contributed by atoms with Gasteiger partial charge in [-0.25, -0.2) is 0 Å². The Hall–Kier alpha value is 1.18. The van der Waals surface area contributed by atoms with E-state index in [2.05, 4.69) is 72.9 Å². The van der Waals surface area contributed by atoms with E-state index in [1.165, 1.54) is 19.3 Å². The molecule has 1 heterocycles. The van der Waals surface area contributed by atoms with Crippen LogP contribution in [0.2, 0.25) is 8.02 Å². The van der Waals surface area contributed by atoms with Crippen LogP contribution < -0.4 is 18.9 Å². The SMILES string of the molecule is CC1(C)CCCC(C)(C)[N]1[Zn-]([C](C)(C)C)[C](C)(C)C.[Li+]. The Balaban J connectivity index is 0.00000361. The predicted molar refractivity (Wildman–Crippen MR) is 83.3 cm³/mol. The molecule has 0 aromatic heterocycles. The Kier molecular flexibility index (Phi) is 6.73. The van der Waals surface area contributed by atoms with Gasteiger partial charge in [-0.15, -0.1) is 0 Å². The van der Waals surface area contributed by atoms with Gasteiger partial charge < -0.3 is 0 Å². The third-order valence-electron chi connectivity index (χ3n) is 5.36. The van der Waals surface area contributed by atoms with Crippen LogP contribution in [0.15, 0.2) is 0 Å². The van der Waals surface area contributed by atoms with E-state index in [4.69, 9.17) is 0 Å². The fraction of sp³-hybridized carbons (Fsp3) is 1.00. The van der Waals surface area contributed by atoms with Crippen LogP contribution >= 0.6 is 0 Å². The molecular formula is C17H36LiNZn. The monoisotopic (exact) mass is 325 g/mol. The average Bonchev–Trinajstić information content (AvgIpc) is 2.06. The Labute approximate surface area is 146 Å². The van der Waals surface area contributed by atoms with Gasteiger partial charge in [-0.2, -0.15) is 0 Å². The smallest absolute Gasteiger partial charge is 1.00 e. The van der Waals surface area contributed by atoms with E-state index in [1.54, 1.807) is 0 Å². The first-order valence-electron chi connectivity index (χ1n) is 8.18. The van der Waals surface area contributed by atoms with Gasteiger partial charge in [0.2, 0.25) is 0 Å².